The second-order valence-corrected chi connectivity index (χ2v) is 5.98. The quantitative estimate of drug-likeness (QED) is 0.735. The van der Waals surface area contributed by atoms with Gasteiger partial charge < -0.3 is 15.6 Å². The predicted molar refractivity (Wildman–Crippen MR) is 92.4 cm³/mol. The summed E-state index contributed by atoms with van der Waals surface area (Å²) in [4.78, 5) is 16.5. The number of hydrogen-bond acceptors (Lipinski definition) is 6. The van der Waals surface area contributed by atoms with Crippen LogP contribution in [0, 0.1) is 13.8 Å². The van der Waals surface area contributed by atoms with Crippen LogP contribution in [0.2, 0.25) is 0 Å². The highest BCUT2D eigenvalue weighted by molar-refractivity contribution is 5.76. The summed E-state index contributed by atoms with van der Waals surface area (Å²) in [6, 6.07) is 9.10. The standard InChI is InChI=1S/C17H20N6O2/c1-10-5-4-6-13(7-10)16-20-17(25-22-16)12(3)19-15(24)9-23-14(18)8-11(2)21-23/h4-8,12H,9,18H2,1-3H3,(H,19,24)/t12-/m0/s1. The van der Waals surface area contributed by atoms with Gasteiger partial charge in [0.05, 0.1) is 5.69 Å². The van der Waals surface area contributed by atoms with Crippen LogP contribution in [0.15, 0.2) is 34.9 Å². The zero-order valence-corrected chi connectivity index (χ0v) is 14.4. The second-order valence-electron chi connectivity index (χ2n) is 5.98. The maximum absolute atomic E-state index is 12.2. The lowest BCUT2D eigenvalue weighted by Gasteiger charge is -2.10. The molecule has 0 spiro atoms. The van der Waals surface area contributed by atoms with E-state index in [1.807, 2.05) is 38.1 Å². The van der Waals surface area contributed by atoms with Crippen LogP contribution in [0.4, 0.5) is 5.82 Å². The van der Waals surface area contributed by atoms with Gasteiger partial charge in [0, 0.05) is 11.6 Å². The molecule has 8 nitrogen and oxygen atoms in total. The number of nitrogens with zero attached hydrogens (tertiary/aromatic N) is 4. The fourth-order valence-electron chi connectivity index (χ4n) is 2.49. The average Bonchev–Trinajstić information content (AvgIpc) is 3.14. The molecule has 1 aromatic carbocycles. The zero-order chi connectivity index (χ0) is 18.0. The Morgan fingerprint density at radius 2 is 2.16 bits per heavy atom. The monoisotopic (exact) mass is 340 g/mol. The fraction of sp³-hybridized carbons (Fsp3) is 0.294. The third-order valence-electron chi connectivity index (χ3n) is 3.69. The Balaban J connectivity index is 1.66. The summed E-state index contributed by atoms with van der Waals surface area (Å²) in [6.45, 7) is 5.63. The summed E-state index contributed by atoms with van der Waals surface area (Å²) in [7, 11) is 0. The van der Waals surface area contributed by atoms with Gasteiger partial charge in [-0.05, 0) is 26.8 Å². The highest BCUT2D eigenvalue weighted by Gasteiger charge is 2.18. The number of benzene rings is 1. The Kier molecular flexibility index (Phi) is 4.51. The SMILES string of the molecule is Cc1cccc(-c2noc([C@H](C)NC(=O)Cn3nc(C)cc3N)n2)c1. The summed E-state index contributed by atoms with van der Waals surface area (Å²) in [6.07, 6.45) is 0. The van der Waals surface area contributed by atoms with Gasteiger partial charge in [0.2, 0.25) is 17.6 Å². The molecule has 0 saturated carbocycles. The van der Waals surface area contributed by atoms with Crippen LogP contribution in [0.5, 0.6) is 0 Å². The number of nitrogens with one attached hydrogen (secondary N) is 1. The minimum absolute atomic E-state index is 0.0306. The Bertz CT molecular complexity index is 898. The molecule has 0 aliphatic carbocycles. The van der Waals surface area contributed by atoms with E-state index in [0.717, 1.165) is 16.8 Å². The van der Waals surface area contributed by atoms with E-state index in [2.05, 4.69) is 20.6 Å². The van der Waals surface area contributed by atoms with Gasteiger partial charge in [-0.3, -0.25) is 4.79 Å². The molecule has 2 heterocycles. The van der Waals surface area contributed by atoms with E-state index in [0.29, 0.717) is 17.5 Å². The third-order valence-corrected chi connectivity index (χ3v) is 3.69. The Morgan fingerprint density at radius 3 is 2.84 bits per heavy atom. The minimum Gasteiger partial charge on any atom is -0.384 e. The first kappa shape index (κ1) is 16.7. The second kappa shape index (κ2) is 6.76. The topological polar surface area (TPSA) is 112 Å². The number of carbonyl (C=O) groups excluding carboxylic acids is 1. The van der Waals surface area contributed by atoms with E-state index >= 15 is 0 Å². The molecule has 0 aliphatic heterocycles. The number of nitrogens with two attached hydrogens (primary N) is 1. The fourth-order valence-corrected chi connectivity index (χ4v) is 2.49. The first-order valence-electron chi connectivity index (χ1n) is 7.92. The molecule has 0 aliphatic rings. The number of aromatic nitrogens is 4. The molecule has 3 rings (SSSR count). The molecular formula is C17H20N6O2. The lowest BCUT2D eigenvalue weighted by Crippen LogP contribution is -2.31. The summed E-state index contributed by atoms with van der Waals surface area (Å²) in [5.41, 5.74) is 8.53. The molecule has 0 fully saturated rings. The van der Waals surface area contributed by atoms with E-state index in [4.69, 9.17) is 10.3 Å². The van der Waals surface area contributed by atoms with E-state index in [1.54, 1.807) is 13.0 Å². The van der Waals surface area contributed by atoms with Gasteiger partial charge in [-0.1, -0.05) is 28.9 Å². The summed E-state index contributed by atoms with van der Waals surface area (Å²) in [5.74, 6) is 1.04. The van der Waals surface area contributed by atoms with Gasteiger partial charge in [0.15, 0.2) is 0 Å². The van der Waals surface area contributed by atoms with E-state index in [9.17, 15) is 4.79 Å². The van der Waals surface area contributed by atoms with Crippen LogP contribution < -0.4 is 11.1 Å². The molecule has 2 aromatic heterocycles. The number of hydrogen-bond donors (Lipinski definition) is 2. The van der Waals surface area contributed by atoms with Gasteiger partial charge in [0.1, 0.15) is 18.4 Å². The van der Waals surface area contributed by atoms with Crippen molar-refractivity contribution in [2.45, 2.75) is 33.4 Å². The largest absolute Gasteiger partial charge is 0.384 e. The van der Waals surface area contributed by atoms with E-state index in [1.165, 1.54) is 4.68 Å². The zero-order valence-electron chi connectivity index (χ0n) is 14.4. The van der Waals surface area contributed by atoms with Crippen molar-refractivity contribution in [3.8, 4) is 11.4 Å². The molecule has 25 heavy (non-hydrogen) atoms. The van der Waals surface area contributed by atoms with Crippen LogP contribution in [0.25, 0.3) is 11.4 Å². The third kappa shape index (κ3) is 3.85. The lowest BCUT2D eigenvalue weighted by atomic mass is 10.1. The molecule has 130 valence electrons. The van der Waals surface area contributed by atoms with E-state index in [-0.39, 0.29) is 12.5 Å². The molecule has 1 atom stereocenters. The number of amides is 1. The first-order chi connectivity index (χ1) is 11.9. The van der Waals surface area contributed by atoms with Crippen LogP contribution in [-0.4, -0.2) is 25.8 Å². The van der Waals surface area contributed by atoms with Crippen molar-refractivity contribution in [3.63, 3.8) is 0 Å². The highest BCUT2D eigenvalue weighted by atomic mass is 16.5. The van der Waals surface area contributed by atoms with Crippen LogP contribution >= 0.6 is 0 Å². The van der Waals surface area contributed by atoms with Crippen molar-refractivity contribution in [2.24, 2.45) is 0 Å². The normalized spacial score (nSPS) is 12.1. The first-order valence-corrected chi connectivity index (χ1v) is 7.92. The number of rotatable bonds is 5. The van der Waals surface area contributed by atoms with Crippen molar-refractivity contribution in [2.75, 3.05) is 5.73 Å². The van der Waals surface area contributed by atoms with E-state index < -0.39 is 6.04 Å². The molecule has 3 aromatic rings. The molecule has 0 radical (unpaired) electrons. The predicted octanol–water partition coefficient (Wildman–Crippen LogP) is 2.01. The Hall–Kier alpha value is -3.16. The summed E-state index contributed by atoms with van der Waals surface area (Å²) < 4.78 is 6.72. The van der Waals surface area contributed by atoms with Gasteiger partial charge in [-0.25, -0.2) is 4.68 Å². The Morgan fingerprint density at radius 1 is 1.36 bits per heavy atom. The maximum Gasteiger partial charge on any atom is 0.249 e. The van der Waals surface area contributed by atoms with Crippen LogP contribution in [0.3, 0.4) is 0 Å². The van der Waals surface area contributed by atoms with Crippen molar-refractivity contribution in [1.82, 2.24) is 25.2 Å². The molecule has 0 unspecified atom stereocenters. The molecule has 0 bridgehead atoms. The van der Waals surface area contributed by atoms with Gasteiger partial charge in [-0.15, -0.1) is 0 Å². The van der Waals surface area contributed by atoms with Crippen molar-refractivity contribution in [1.29, 1.82) is 0 Å². The number of anilines is 1. The van der Waals surface area contributed by atoms with Crippen molar-refractivity contribution in [3.05, 3.63) is 47.5 Å². The molecular weight excluding hydrogens is 320 g/mol. The number of nitrogen functional groups attached to an aromatic ring is 1. The summed E-state index contributed by atoms with van der Waals surface area (Å²) in [5, 5.41) is 10.9. The highest BCUT2D eigenvalue weighted by Crippen LogP contribution is 2.19. The van der Waals surface area contributed by atoms with Crippen LogP contribution in [-0.2, 0) is 11.3 Å². The summed E-state index contributed by atoms with van der Waals surface area (Å²) >= 11 is 0. The lowest BCUT2D eigenvalue weighted by molar-refractivity contribution is -0.122. The average molecular weight is 340 g/mol. The minimum atomic E-state index is -0.420. The Labute approximate surface area is 145 Å². The van der Waals surface area contributed by atoms with Crippen molar-refractivity contribution < 1.29 is 9.32 Å². The molecule has 1 amide bonds. The number of aryl methyl sites for hydroxylation is 2. The van der Waals surface area contributed by atoms with Crippen LogP contribution in [0.1, 0.15) is 30.1 Å². The van der Waals surface area contributed by atoms with Gasteiger partial charge in [-0.2, -0.15) is 10.1 Å². The molecule has 3 N–H and O–H groups in total. The van der Waals surface area contributed by atoms with Gasteiger partial charge >= 0.3 is 0 Å². The van der Waals surface area contributed by atoms with Gasteiger partial charge in [0.25, 0.3) is 0 Å². The molecule has 8 heteroatoms. The maximum atomic E-state index is 12.2. The molecule has 0 saturated heterocycles. The van der Waals surface area contributed by atoms with Crippen molar-refractivity contribution >= 4 is 11.7 Å². The smallest absolute Gasteiger partial charge is 0.249 e. The number of carbonyl (C=O) groups is 1.